The standard InChI is InChI=1S/C23H27ClN2O4/c1-23(2,3)30-22(29)26-18(12-15-4-6-16(14-27)7-5-15)9-10-19(26)21(28)17-8-11-20(24)25-13-17/h4-8,11,13-14,18-19,21,28H,9-10,12H2,1-3H3/t18?,19-,21-/m1/s1. The molecule has 0 radical (unpaired) electrons. The Morgan fingerprint density at radius 2 is 1.97 bits per heavy atom. The van der Waals surface area contributed by atoms with E-state index >= 15 is 0 Å². The van der Waals surface area contributed by atoms with Gasteiger partial charge in [-0.25, -0.2) is 9.78 Å². The van der Waals surface area contributed by atoms with Gasteiger partial charge in [0.25, 0.3) is 0 Å². The zero-order valence-electron chi connectivity index (χ0n) is 17.4. The maximum atomic E-state index is 13.1. The summed E-state index contributed by atoms with van der Waals surface area (Å²) in [7, 11) is 0. The van der Waals surface area contributed by atoms with E-state index in [9.17, 15) is 14.7 Å². The fourth-order valence-electron chi connectivity index (χ4n) is 3.81. The number of benzene rings is 1. The van der Waals surface area contributed by atoms with E-state index in [1.165, 1.54) is 6.20 Å². The molecule has 0 saturated carbocycles. The van der Waals surface area contributed by atoms with Crippen LogP contribution >= 0.6 is 11.6 Å². The maximum absolute atomic E-state index is 13.1. The first-order chi connectivity index (χ1) is 14.2. The first kappa shape index (κ1) is 22.2. The molecule has 1 amide bonds. The van der Waals surface area contributed by atoms with Gasteiger partial charge in [-0.05, 0) is 51.7 Å². The van der Waals surface area contributed by atoms with Crippen molar-refractivity contribution in [3.63, 3.8) is 0 Å². The van der Waals surface area contributed by atoms with Gasteiger partial charge in [-0.3, -0.25) is 9.69 Å². The Kier molecular flexibility index (Phi) is 6.78. The third-order valence-corrected chi connectivity index (χ3v) is 5.42. The zero-order chi connectivity index (χ0) is 21.9. The molecule has 1 aliphatic rings. The highest BCUT2D eigenvalue weighted by Gasteiger charge is 2.43. The number of amides is 1. The van der Waals surface area contributed by atoms with Gasteiger partial charge in [-0.1, -0.05) is 41.9 Å². The molecule has 1 unspecified atom stereocenters. The normalized spacial score (nSPS) is 20.1. The number of nitrogens with zero attached hydrogens (tertiary/aromatic N) is 2. The number of carbonyl (C=O) groups is 2. The zero-order valence-corrected chi connectivity index (χ0v) is 18.2. The average molecular weight is 431 g/mol. The molecule has 7 heteroatoms. The van der Waals surface area contributed by atoms with Crippen molar-refractivity contribution in [3.8, 4) is 0 Å². The van der Waals surface area contributed by atoms with E-state index in [1.807, 2.05) is 32.9 Å². The summed E-state index contributed by atoms with van der Waals surface area (Å²) in [6.45, 7) is 5.47. The number of likely N-dealkylation sites (tertiary alicyclic amines) is 1. The van der Waals surface area contributed by atoms with E-state index in [4.69, 9.17) is 16.3 Å². The molecule has 6 nitrogen and oxygen atoms in total. The summed E-state index contributed by atoms with van der Waals surface area (Å²) >= 11 is 5.86. The topological polar surface area (TPSA) is 79.7 Å². The third kappa shape index (κ3) is 5.37. The largest absolute Gasteiger partial charge is 0.444 e. The molecule has 1 fully saturated rings. The summed E-state index contributed by atoms with van der Waals surface area (Å²) in [6, 6.07) is 10.1. The van der Waals surface area contributed by atoms with E-state index in [1.54, 1.807) is 29.2 Å². The molecule has 3 atom stereocenters. The van der Waals surface area contributed by atoms with Crippen molar-refractivity contribution < 1.29 is 19.4 Å². The smallest absolute Gasteiger partial charge is 0.410 e. The van der Waals surface area contributed by atoms with Crippen molar-refractivity contribution >= 4 is 24.0 Å². The Labute approximate surface area is 181 Å². The van der Waals surface area contributed by atoms with Gasteiger partial charge in [0.2, 0.25) is 0 Å². The molecule has 0 spiro atoms. The van der Waals surface area contributed by atoms with Gasteiger partial charge < -0.3 is 9.84 Å². The van der Waals surface area contributed by atoms with Crippen molar-refractivity contribution in [2.24, 2.45) is 0 Å². The lowest BCUT2D eigenvalue weighted by atomic mass is 10.0. The Balaban J connectivity index is 1.85. The molecule has 1 aromatic carbocycles. The summed E-state index contributed by atoms with van der Waals surface area (Å²) in [6.07, 6.45) is 2.98. The highest BCUT2D eigenvalue weighted by atomic mass is 35.5. The number of hydrogen-bond donors (Lipinski definition) is 1. The molecule has 1 saturated heterocycles. The Bertz CT molecular complexity index is 878. The molecule has 0 aliphatic carbocycles. The van der Waals surface area contributed by atoms with Crippen LogP contribution in [0.1, 0.15) is 61.2 Å². The lowest BCUT2D eigenvalue weighted by Crippen LogP contribution is -2.47. The van der Waals surface area contributed by atoms with E-state index in [0.29, 0.717) is 29.1 Å². The maximum Gasteiger partial charge on any atom is 0.410 e. The van der Waals surface area contributed by atoms with Crippen LogP contribution in [-0.2, 0) is 11.2 Å². The minimum absolute atomic E-state index is 0.123. The Morgan fingerprint density at radius 3 is 2.53 bits per heavy atom. The van der Waals surface area contributed by atoms with Crippen molar-refractivity contribution in [1.82, 2.24) is 9.88 Å². The molecule has 1 aliphatic heterocycles. The molecular weight excluding hydrogens is 404 g/mol. The fourth-order valence-corrected chi connectivity index (χ4v) is 3.92. The lowest BCUT2D eigenvalue weighted by molar-refractivity contribution is -0.00458. The van der Waals surface area contributed by atoms with Crippen LogP contribution in [0.25, 0.3) is 0 Å². The van der Waals surface area contributed by atoms with Crippen LogP contribution in [0.4, 0.5) is 4.79 Å². The predicted molar refractivity (Wildman–Crippen MR) is 115 cm³/mol. The Hall–Kier alpha value is -2.44. The highest BCUT2D eigenvalue weighted by molar-refractivity contribution is 6.29. The molecule has 2 aromatic rings. The monoisotopic (exact) mass is 430 g/mol. The van der Waals surface area contributed by atoms with E-state index in [0.717, 1.165) is 18.3 Å². The van der Waals surface area contributed by atoms with Gasteiger partial charge in [0.05, 0.1) is 6.04 Å². The highest BCUT2D eigenvalue weighted by Crippen LogP contribution is 2.36. The van der Waals surface area contributed by atoms with Crippen LogP contribution in [0.15, 0.2) is 42.6 Å². The van der Waals surface area contributed by atoms with Gasteiger partial charge in [-0.2, -0.15) is 0 Å². The minimum Gasteiger partial charge on any atom is -0.444 e. The third-order valence-electron chi connectivity index (χ3n) is 5.19. The number of rotatable bonds is 5. The van der Waals surface area contributed by atoms with Crippen LogP contribution in [0.5, 0.6) is 0 Å². The molecule has 0 bridgehead atoms. The SMILES string of the molecule is CC(C)(C)OC(=O)N1C(Cc2ccc(C=O)cc2)CC[C@@H]1[C@H](O)c1ccc(Cl)nc1. The molecular formula is C23H27ClN2O4. The molecule has 2 heterocycles. The van der Waals surface area contributed by atoms with Gasteiger partial charge in [-0.15, -0.1) is 0 Å². The van der Waals surface area contributed by atoms with Gasteiger partial charge >= 0.3 is 6.09 Å². The summed E-state index contributed by atoms with van der Waals surface area (Å²) < 4.78 is 5.65. The van der Waals surface area contributed by atoms with Gasteiger partial charge in [0, 0.05) is 23.4 Å². The number of carbonyl (C=O) groups excluding carboxylic acids is 2. The number of pyridine rings is 1. The van der Waals surface area contributed by atoms with Crippen LogP contribution in [0.2, 0.25) is 5.15 Å². The molecule has 160 valence electrons. The average Bonchev–Trinajstić information content (AvgIpc) is 3.11. The lowest BCUT2D eigenvalue weighted by Gasteiger charge is -2.34. The second-order valence-electron chi connectivity index (χ2n) is 8.61. The van der Waals surface area contributed by atoms with Gasteiger partial charge in [0.15, 0.2) is 0 Å². The number of ether oxygens (including phenoxy) is 1. The molecule has 3 rings (SSSR count). The fraction of sp³-hybridized carbons (Fsp3) is 0.435. The van der Waals surface area contributed by atoms with Gasteiger partial charge in [0.1, 0.15) is 23.1 Å². The van der Waals surface area contributed by atoms with E-state index in [-0.39, 0.29) is 6.04 Å². The summed E-state index contributed by atoms with van der Waals surface area (Å²) in [5.74, 6) is 0. The molecule has 30 heavy (non-hydrogen) atoms. The Morgan fingerprint density at radius 1 is 1.27 bits per heavy atom. The quantitative estimate of drug-likeness (QED) is 0.554. The number of aromatic nitrogens is 1. The van der Waals surface area contributed by atoms with Crippen molar-refractivity contribution in [2.75, 3.05) is 0 Å². The van der Waals surface area contributed by atoms with Crippen LogP contribution in [-0.4, -0.2) is 45.1 Å². The number of aldehydes is 1. The number of halogens is 1. The number of hydrogen-bond acceptors (Lipinski definition) is 5. The molecule has 1 aromatic heterocycles. The first-order valence-electron chi connectivity index (χ1n) is 10.0. The van der Waals surface area contributed by atoms with Crippen LogP contribution in [0, 0.1) is 0 Å². The van der Waals surface area contributed by atoms with Crippen molar-refractivity contribution in [3.05, 3.63) is 64.4 Å². The first-order valence-corrected chi connectivity index (χ1v) is 10.4. The number of aliphatic hydroxyl groups excluding tert-OH is 1. The second-order valence-corrected chi connectivity index (χ2v) is 9.00. The summed E-state index contributed by atoms with van der Waals surface area (Å²) in [4.78, 5) is 29.7. The second kappa shape index (κ2) is 9.14. The van der Waals surface area contributed by atoms with Crippen LogP contribution in [0.3, 0.4) is 0 Å². The number of aliphatic hydroxyl groups is 1. The van der Waals surface area contributed by atoms with E-state index < -0.39 is 23.8 Å². The van der Waals surface area contributed by atoms with Crippen molar-refractivity contribution in [1.29, 1.82) is 0 Å². The van der Waals surface area contributed by atoms with Crippen molar-refractivity contribution in [2.45, 2.75) is 63.8 Å². The summed E-state index contributed by atoms with van der Waals surface area (Å²) in [5, 5.41) is 11.4. The molecule has 1 N–H and O–H groups in total. The van der Waals surface area contributed by atoms with E-state index in [2.05, 4.69) is 4.98 Å². The predicted octanol–water partition coefficient (Wildman–Crippen LogP) is 4.59. The summed E-state index contributed by atoms with van der Waals surface area (Å²) in [5.41, 5.74) is 1.58. The minimum atomic E-state index is -0.898. The van der Waals surface area contributed by atoms with Crippen LogP contribution < -0.4 is 0 Å².